The molecule has 23 heavy (non-hydrogen) atoms. The van der Waals surface area contributed by atoms with Gasteiger partial charge in [0, 0.05) is 36.0 Å². The van der Waals surface area contributed by atoms with Crippen molar-refractivity contribution >= 4 is 16.6 Å². The van der Waals surface area contributed by atoms with Crippen LogP contribution in [0.5, 0.6) is 5.75 Å². The number of methoxy groups -OCH3 is 1. The number of piperidine rings is 1. The van der Waals surface area contributed by atoms with Gasteiger partial charge in [0.25, 0.3) is 0 Å². The molecule has 0 amide bonds. The van der Waals surface area contributed by atoms with Crippen LogP contribution in [-0.2, 0) is 0 Å². The molecular formula is C17H19N5O. The molecule has 2 aromatic heterocycles. The molecule has 0 atom stereocenters. The van der Waals surface area contributed by atoms with Gasteiger partial charge < -0.3 is 9.64 Å². The van der Waals surface area contributed by atoms with Crippen LogP contribution in [0.1, 0.15) is 24.6 Å². The van der Waals surface area contributed by atoms with E-state index in [1.165, 1.54) is 0 Å². The van der Waals surface area contributed by atoms with Crippen molar-refractivity contribution in [3.8, 4) is 5.75 Å². The van der Waals surface area contributed by atoms with E-state index >= 15 is 0 Å². The van der Waals surface area contributed by atoms with Gasteiger partial charge in [-0.15, -0.1) is 0 Å². The number of H-pyrrole nitrogens is 1. The van der Waals surface area contributed by atoms with Gasteiger partial charge >= 0.3 is 0 Å². The van der Waals surface area contributed by atoms with Crippen molar-refractivity contribution in [1.29, 1.82) is 0 Å². The second kappa shape index (κ2) is 5.87. The van der Waals surface area contributed by atoms with Gasteiger partial charge in [-0.1, -0.05) is 12.1 Å². The molecule has 1 fully saturated rings. The molecule has 0 radical (unpaired) electrons. The Hall–Kier alpha value is -2.63. The molecule has 118 valence electrons. The summed E-state index contributed by atoms with van der Waals surface area (Å²) in [5.74, 6) is 3.38. The summed E-state index contributed by atoms with van der Waals surface area (Å²) >= 11 is 0. The number of ether oxygens (including phenoxy) is 1. The Balaban J connectivity index is 1.61. The largest absolute Gasteiger partial charge is 0.496 e. The van der Waals surface area contributed by atoms with E-state index in [4.69, 9.17) is 4.74 Å². The van der Waals surface area contributed by atoms with Crippen LogP contribution < -0.4 is 9.64 Å². The summed E-state index contributed by atoms with van der Waals surface area (Å²) < 4.78 is 5.47. The number of anilines is 1. The van der Waals surface area contributed by atoms with Crippen molar-refractivity contribution in [3.63, 3.8) is 0 Å². The summed E-state index contributed by atoms with van der Waals surface area (Å²) in [6, 6.07) is 8.14. The maximum atomic E-state index is 5.47. The number of rotatable bonds is 3. The van der Waals surface area contributed by atoms with Gasteiger partial charge in [-0.2, -0.15) is 5.10 Å². The summed E-state index contributed by atoms with van der Waals surface area (Å²) in [6.07, 6.45) is 5.55. The standard InChI is InChI=1S/C17H19N5O/c1-23-15-4-2-3-14-13(15)5-8-18-17(14)22-9-6-12(7-10-22)16-19-11-20-21-16/h2-5,8,11-12H,6-7,9-10H2,1H3,(H,19,20,21). The third-order valence-electron chi connectivity index (χ3n) is 4.58. The molecule has 0 unspecified atom stereocenters. The molecule has 1 aliphatic rings. The molecule has 1 aromatic carbocycles. The zero-order valence-electron chi connectivity index (χ0n) is 13.1. The molecule has 0 aliphatic carbocycles. The van der Waals surface area contributed by atoms with Crippen molar-refractivity contribution in [2.75, 3.05) is 25.1 Å². The number of benzene rings is 1. The predicted octanol–water partition coefficient (Wildman–Crippen LogP) is 2.75. The molecule has 1 saturated heterocycles. The molecule has 3 heterocycles. The monoisotopic (exact) mass is 309 g/mol. The van der Waals surface area contributed by atoms with Gasteiger partial charge in [0.1, 0.15) is 23.7 Å². The molecule has 4 rings (SSSR count). The van der Waals surface area contributed by atoms with Crippen LogP contribution in [0, 0.1) is 0 Å². The minimum absolute atomic E-state index is 0.457. The minimum Gasteiger partial charge on any atom is -0.496 e. The van der Waals surface area contributed by atoms with E-state index in [1.54, 1.807) is 13.4 Å². The van der Waals surface area contributed by atoms with Crippen LogP contribution >= 0.6 is 0 Å². The molecule has 6 heteroatoms. The predicted molar refractivity (Wildman–Crippen MR) is 88.9 cm³/mol. The van der Waals surface area contributed by atoms with E-state index in [0.717, 1.165) is 54.1 Å². The normalized spacial score (nSPS) is 16.0. The molecular weight excluding hydrogens is 290 g/mol. The Bertz CT molecular complexity index is 794. The SMILES string of the molecule is COc1cccc2c(N3CCC(c4ncn[nH]4)CC3)nccc12. The maximum absolute atomic E-state index is 5.47. The zero-order chi connectivity index (χ0) is 15.6. The Labute approximate surface area is 134 Å². The third kappa shape index (κ3) is 2.50. The third-order valence-corrected chi connectivity index (χ3v) is 4.58. The summed E-state index contributed by atoms with van der Waals surface area (Å²) in [7, 11) is 1.71. The van der Waals surface area contributed by atoms with Crippen molar-refractivity contribution in [2.45, 2.75) is 18.8 Å². The minimum atomic E-state index is 0.457. The number of hydrogen-bond acceptors (Lipinski definition) is 5. The lowest BCUT2D eigenvalue weighted by Crippen LogP contribution is -2.33. The Morgan fingerprint density at radius 3 is 2.74 bits per heavy atom. The van der Waals surface area contributed by atoms with Gasteiger partial charge in [0.2, 0.25) is 0 Å². The lowest BCUT2D eigenvalue weighted by molar-refractivity contribution is 0.420. The number of aromatic nitrogens is 4. The fourth-order valence-corrected chi connectivity index (χ4v) is 3.37. The smallest absolute Gasteiger partial charge is 0.137 e. The second-order valence-corrected chi connectivity index (χ2v) is 5.82. The summed E-state index contributed by atoms with van der Waals surface area (Å²) in [4.78, 5) is 11.3. The van der Waals surface area contributed by atoms with Gasteiger partial charge in [0.05, 0.1) is 7.11 Å². The zero-order valence-corrected chi connectivity index (χ0v) is 13.1. The highest BCUT2D eigenvalue weighted by Crippen LogP contribution is 2.34. The molecule has 0 bridgehead atoms. The molecule has 0 spiro atoms. The Morgan fingerprint density at radius 1 is 1.13 bits per heavy atom. The molecule has 0 saturated carbocycles. The van der Waals surface area contributed by atoms with Crippen molar-refractivity contribution in [3.05, 3.63) is 42.6 Å². The summed E-state index contributed by atoms with van der Waals surface area (Å²) in [5, 5.41) is 9.21. The van der Waals surface area contributed by atoms with Crippen LogP contribution in [0.15, 0.2) is 36.8 Å². The van der Waals surface area contributed by atoms with E-state index < -0.39 is 0 Å². The van der Waals surface area contributed by atoms with Crippen molar-refractivity contribution in [2.24, 2.45) is 0 Å². The highest BCUT2D eigenvalue weighted by molar-refractivity contribution is 5.96. The van der Waals surface area contributed by atoms with E-state index in [2.05, 4.69) is 31.1 Å². The van der Waals surface area contributed by atoms with Crippen molar-refractivity contribution < 1.29 is 4.74 Å². The Kier molecular flexibility index (Phi) is 3.57. The van der Waals surface area contributed by atoms with Gasteiger partial charge in [-0.3, -0.25) is 5.10 Å². The lowest BCUT2D eigenvalue weighted by Gasteiger charge is -2.32. The quantitative estimate of drug-likeness (QED) is 0.806. The first-order valence-electron chi connectivity index (χ1n) is 7.89. The second-order valence-electron chi connectivity index (χ2n) is 5.82. The number of nitrogens with zero attached hydrogens (tertiary/aromatic N) is 4. The van der Waals surface area contributed by atoms with Gasteiger partial charge in [-0.25, -0.2) is 9.97 Å². The number of pyridine rings is 1. The highest BCUT2D eigenvalue weighted by atomic mass is 16.5. The molecule has 1 N–H and O–H groups in total. The average molecular weight is 309 g/mol. The average Bonchev–Trinajstić information content (AvgIpc) is 3.15. The molecule has 6 nitrogen and oxygen atoms in total. The fraction of sp³-hybridized carbons (Fsp3) is 0.353. The summed E-state index contributed by atoms with van der Waals surface area (Å²) in [6.45, 7) is 1.93. The first-order chi connectivity index (χ1) is 11.4. The highest BCUT2D eigenvalue weighted by Gasteiger charge is 2.24. The number of aromatic amines is 1. The number of fused-ring (bicyclic) bond motifs is 1. The molecule has 3 aromatic rings. The van der Waals surface area contributed by atoms with Crippen LogP contribution in [0.2, 0.25) is 0 Å². The number of nitrogens with one attached hydrogen (secondary N) is 1. The van der Waals surface area contributed by atoms with E-state index in [9.17, 15) is 0 Å². The van der Waals surface area contributed by atoms with Gasteiger partial charge in [0.15, 0.2) is 0 Å². The van der Waals surface area contributed by atoms with E-state index in [-0.39, 0.29) is 0 Å². The topological polar surface area (TPSA) is 66.9 Å². The van der Waals surface area contributed by atoms with E-state index in [0.29, 0.717) is 5.92 Å². The lowest BCUT2D eigenvalue weighted by atomic mass is 9.96. The van der Waals surface area contributed by atoms with Crippen LogP contribution in [0.3, 0.4) is 0 Å². The van der Waals surface area contributed by atoms with E-state index in [1.807, 2.05) is 24.4 Å². The number of hydrogen-bond donors (Lipinski definition) is 1. The Morgan fingerprint density at radius 2 is 2.00 bits per heavy atom. The van der Waals surface area contributed by atoms with Gasteiger partial charge in [-0.05, 0) is 25.0 Å². The van der Waals surface area contributed by atoms with Crippen molar-refractivity contribution in [1.82, 2.24) is 20.2 Å². The van der Waals surface area contributed by atoms with Crippen LogP contribution in [-0.4, -0.2) is 40.4 Å². The maximum Gasteiger partial charge on any atom is 0.137 e. The van der Waals surface area contributed by atoms with Crippen LogP contribution in [0.4, 0.5) is 5.82 Å². The first kappa shape index (κ1) is 14.0. The molecule has 1 aliphatic heterocycles. The first-order valence-corrected chi connectivity index (χ1v) is 7.89. The fourth-order valence-electron chi connectivity index (χ4n) is 3.37. The summed E-state index contributed by atoms with van der Waals surface area (Å²) in [5.41, 5.74) is 0. The van der Waals surface area contributed by atoms with Crippen LogP contribution in [0.25, 0.3) is 10.8 Å².